The Balaban J connectivity index is 1.66. The summed E-state index contributed by atoms with van der Waals surface area (Å²) in [6.45, 7) is 3.32. The third kappa shape index (κ3) is 5.02. The van der Waals surface area contributed by atoms with Gasteiger partial charge in [0.1, 0.15) is 12.4 Å². The molecule has 3 N–H and O–H groups in total. The Bertz CT molecular complexity index is 1320. The molecule has 2 aliphatic heterocycles. The molecule has 2 heterocycles. The molecular formula is C23H28N6O5S. The number of fused-ring (bicyclic) bond motifs is 1. The number of rotatable bonds is 5. The molecule has 0 spiro atoms. The molecule has 35 heavy (non-hydrogen) atoms. The van der Waals surface area contributed by atoms with Crippen molar-refractivity contribution >= 4 is 39.2 Å². The van der Waals surface area contributed by atoms with Crippen LogP contribution in [-0.4, -0.2) is 70.3 Å². The van der Waals surface area contributed by atoms with Crippen molar-refractivity contribution in [2.45, 2.75) is 19.4 Å². The first-order valence-corrected chi connectivity index (χ1v) is 12.5. The summed E-state index contributed by atoms with van der Waals surface area (Å²) >= 11 is 0. The van der Waals surface area contributed by atoms with Crippen LogP contribution in [0.25, 0.3) is 0 Å². The van der Waals surface area contributed by atoms with Gasteiger partial charge in [-0.25, -0.2) is 4.72 Å². The van der Waals surface area contributed by atoms with E-state index in [1.54, 1.807) is 20.2 Å². The number of amidine groups is 2. The van der Waals surface area contributed by atoms with Crippen LogP contribution in [0, 0.1) is 0 Å². The van der Waals surface area contributed by atoms with Gasteiger partial charge in [-0.05, 0) is 36.2 Å². The fraction of sp³-hybridized carbons (Fsp3) is 0.348. The molecule has 0 fully saturated rings. The zero-order valence-electron chi connectivity index (χ0n) is 19.9. The number of ether oxygens (including phenoxy) is 1. The number of likely N-dealkylation sites (N-methyl/N-ethyl adjacent to an activating group) is 1. The zero-order valence-corrected chi connectivity index (χ0v) is 20.8. The molecule has 0 saturated carbocycles. The summed E-state index contributed by atoms with van der Waals surface area (Å²) in [7, 11) is 1.11. The van der Waals surface area contributed by atoms with E-state index in [9.17, 15) is 18.3 Å². The molecule has 0 unspecified atom stereocenters. The fourth-order valence-electron chi connectivity index (χ4n) is 3.85. The summed E-state index contributed by atoms with van der Waals surface area (Å²) in [5, 5.41) is 13.4. The summed E-state index contributed by atoms with van der Waals surface area (Å²) in [6.07, 6.45) is 0.588. The second-order valence-corrected chi connectivity index (χ2v) is 9.78. The number of nitrogens with zero attached hydrogens (tertiary/aromatic N) is 4. The van der Waals surface area contributed by atoms with Crippen molar-refractivity contribution in [3.8, 4) is 11.5 Å². The van der Waals surface area contributed by atoms with E-state index in [0.717, 1.165) is 23.5 Å². The molecule has 1 atom stereocenters. The van der Waals surface area contributed by atoms with Gasteiger partial charge in [0.05, 0.1) is 29.5 Å². The van der Waals surface area contributed by atoms with Crippen molar-refractivity contribution in [3.05, 3.63) is 47.5 Å². The minimum Gasteiger partial charge on any atom is -0.505 e. The van der Waals surface area contributed by atoms with Gasteiger partial charge in [-0.1, -0.05) is 19.1 Å². The van der Waals surface area contributed by atoms with E-state index in [0.29, 0.717) is 13.0 Å². The van der Waals surface area contributed by atoms with E-state index in [-0.39, 0.29) is 34.7 Å². The number of aromatic hydroxyl groups is 1. The molecular weight excluding hydrogens is 472 g/mol. The minimum atomic E-state index is -4.02. The van der Waals surface area contributed by atoms with Crippen LogP contribution >= 0.6 is 0 Å². The number of anilines is 2. The topological polar surface area (TPSA) is 136 Å². The lowest BCUT2D eigenvalue weighted by Crippen LogP contribution is -2.31. The van der Waals surface area contributed by atoms with Crippen molar-refractivity contribution in [1.82, 2.24) is 9.62 Å². The van der Waals surface area contributed by atoms with Gasteiger partial charge in [-0.2, -0.15) is 8.42 Å². The van der Waals surface area contributed by atoms with Gasteiger partial charge in [0, 0.05) is 21.1 Å². The van der Waals surface area contributed by atoms with Crippen molar-refractivity contribution in [1.29, 1.82) is 0 Å². The highest BCUT2D eigenvalue weighted by molar-refractivity contribution is 7.89. The minimum absolute atomic E-state index is 0.0105. The third-order valence-electron chi connectivity index (χ3n) is 5.72. The van der Waals surface area contributed by atoms with E-state index in [1.807, 2.05) is 32.2 Å². The summed E-state index contributed by atoms with van der Waals surface area (Å²) in [5.41, 5.74) is 2.04. The summed E-state index contributed by atoms with van der Waals surface area (Å²) in [6, 6.07) is 10.0. The average Bonchev–Trinajstić information content (AvgIpc) is 3.10. The maximum absolute atomic E-state index is 12.3. The molecule has 12 heteroatoms. The highest BCUT2D eigenvalue weighted by Gasteiger charge is 2.29. The Morgan fingerprint density at radius 3 is 2.83 bits per heavy atom. The lowest BCUT2D eigenvalue weighted by Gasteiger charge is -2.28. The van der Waals surface area contributed by atoms with Gasteiger partial charge in [-0.15, -0.1) is 4.40 Å². The number of carbonyl (C=O) groups excluding carboxylic acids is 1. The molecule has 2 aromatic carbocycles. The molecule has 0 aliphatic carbocycles. The summed E-state index contributed by atoms with van der Waals surface area (Å²) < 4.78 is 36.4. The van der Waals surface area contributed by atoms with E-state index in [1.165, 1.54) is 17.0 Å². The van der Waals surface area contributed by atoms with Crippen molar-refractivity contribution in [2.75, 3.05) is 44.5 Å². The Labute approximate surface area is 204 Å². The Hall–Kier alpha value is -3.80. The maximum Gasteiger partial charge on any atom is 0.345 e. The largest absolute Gasteiger partial charge is 0.505 e. The van der Waals surface area contributed by atoms with Gasteiger partial charge in [0.2, 0.25) is 0 Å². The maximum atomic E-state index is 12.3. The molecule has 186 valence electrons. The monoisotopic (exact) mass is 500 g/mol. The summed E-state index contributed by atoms with van der Waals surface area (Å²) in [5.74, 6) is -0.0364. The molecule has 2 aliphatic rings. The number of carbonyl (C=O) groups is 1. The molecule has 0 radical (unpaired) electrons. The number of phenols is 1. The number of aliphatic imine (C=N–C) groups is 1. The number of hydrogen-bond donors (Lipinski definition) is 3. The predicted molar refractivity (Wildman–Crippen MR) is 135 cm³/mol. The van der Waals surface area contributed by atoms with Gasteiger partial charge < -0.3 is 25.0 Å². The van der Waals surface area contributed by atoms with E-state index in [2.05, 4.69) is 24.3 Å². The lowest BCUT2D eigenvalue weighted by atomic mass is 10.0. The third-order valence-corrected chi connectivity index (χ3v) is 6.60. The predicted octanol–water partition coefficient (Wildman–Crippen LogP) is 2.13. The van der Waals surface area contributed by atoms with Crippen LogP contribution < -0.4 is 19.7 Å². The molecule has 0 saturated heterocycles. The second-order valence-electron chi connectivity index (χ2n) is 8.44. The molecule has 2 aromatic rings. The van der Waals surface area contributed by atoms with Crippen LogP contribution in [-0.2, 0) is 10.2 Å². The van der Waals surface area contributed by atoms with E-state index in [4.69, 9.17) is 4.74 Å². The number of amides is 1. The first kappa shape index (κ1) is 24.3. The lowest BCUT2D eigenvalue weighted by molar-refractivity contribution is 0.0824. The Morgan fingerprint density at radius 2 is 2.11 bits per heavy atom. The number of phenolic OH excluding ortho intramolecular Hbond substituents is 1. The zero-order chi connectivity index (χ0) is 25.3. The smallest absolute Gasteiger partial charge is 0.345 e. The van der Waals surface area contributed by atoms with Crippen LogP contribution in [0.2, 0.25) is 0 Å². The molecule has 0 aromatic heterocycles. The molecule has 0 bridgehead atoms. The van der Waals surface area contributed by atoms with Crippen LogP contribution in [0.15, 0.2) is 45.8 Å². The number of hydrogen-bond acceptors (Lipinski definition) is 8. The van der Waals surface area contributed by atoms with Gasteiger partial charge in [-0.3, -0.25) is 9.79 Å². The van der Waals surface area contributed by atoms with Crippen molar-refractivity contribution in [3.63, 3.8) is 0 Å². The second kappa shape index (κ2) is 9.45. The molecule has 11 nitrogen and oxygen atoms in total. The quantitative estimate of drug-likeness (QED) is 0.535. The molecule has 1 amide bonds. The SMILES string of the molecule is CC[C@@H](N=C1NS(=O)(=O)N=C1Nc1cccc(C(=O)N(C)C)c1O)c1ccc2c(c1)OCCN2C. The van der Waals surface area contributed by atoms with Crippen molar-refractivity contribution < 1.29 is 23.1 Å². The number of para-hydroxylation sites is 1. The first-order chi connectivity index (χ1) is 16.6. The standard InChI is InChI=1S/C23H28N6O5S/c1-5-16(14-9-10-18-19(13-14)34-12-11-29(18)4)24-21-22(27-35(32,33)26-21)25-17-8-6-7-15(20(17)30)23(31)28(2)3/h6-10,13,16,30H,5,11-12H2,1-4H3,(H,24,26)(H,25,27)/t16-/m1/s1. The number of benzene rings is 2. The Kier molecular flexibility index (Phi) is 6.57. The van der Waals surface area contributed by atoms with Gasteiger partial charge in [0.15, 0.2) is 17.4 Å². The van der Waals surface area contributed by atoms with Crippen LogP contribution in [0.4, 0.5) is 11.4 Å². The van der Waals surface area contributed by atoms with E-state index < -0.39 is 16.1 Å². The van der Waals surface area contributed by atoms with Crippen LogP contribution in [0.1, 0.15) is 35.3 Å². The van der Waals surface area contributed by atoms with Crippen LogP contribution in [0.5, 0.6) is 11.5 Å². The highest BCUT2D eigenvalue weighted by Crippen LogP contribution is 2.35. The summed E-state index contributed by atoms with van der Waals surface area (Å²) in [4.78, 5) is 20.4. The fourth-order valence-corrected chi connectivity index (χ4v) is 4.66. The first-order valence-electron chi connectivity index (χ1n) is 11.1. The highest BCUT2D eigenvalue weighted by atomic mass is 32.2. The average molecular weight is 501 g/mol. The van der Waals surface area contributed by atoms with E-state index >= 15 is 0 Å². The van der Waals surface area contributed by atoms with Crippen molar-refractivity contribution in [2.24, 2.45) is 9.39 Å². The van der Waals surface area contributed by atoms with Gasteiger partial charge >= 0.3 is 10.2 Å². The van der Waals surface area contributed by atoms with Crippen LogP contribution in [0.3, 0.4) is 0 Å². The number of nitrogens with one attached hydrogen (secondary N) is 2. The normalized spacial score (nSPS) is 18.2. The molecule has 4 rings (SSSR count). The Morgan fingerprint density at radius 1 is 1.34 bits per heavy atom. The van der Waals surface area contributed by atoms with Gasteiger partial charge in [0.25, 0.3) is 5.91 Å².